The number of hydrogen-bond donors (Lipinski definition) is 1. The van der Waals surface area contributed by atoms with Crippen LogP contribution in [0.25, 0.3) is 0 Å². The number of amides is 1. The average molecular weight is 353 g/mol. The number of hydrogen-bond acceptors (Lipinski definition) is 2. The van der Waals surface area contributed by atoms with Crippen molar-refractivity contribution in [1.29, 1.82) is 0 Å². The van der Waals surface area contributed by atoms with Crippen LogP contribution in [-0.4, -0.2) is 10.5 Å². The molecule has 0 aliphatic heterocycles. The fourth-order valence-electron chi connectivity index (χ4n) is 2.25. The highest BCUT2D eigenvalue weighted by atomic mass is 79.9. The molecule has 1 amide bonds. The van der Waals surface area contributed by atoms with E-state index < -0.39 is 0 Å². The molecule has 0 bridgehead atoms. The van der Waals surface area contributed by atoms with Crippen molar-refractivity contribution in [3.05, 3.63) is 44.3 Å². The number of carbonyl (C=O) groups excluding carboxylic acids is 1. The maximum Gasteiger partial charge on any atom is 0.268 e. The Labute approximate surface area is 131 Å². The fraction of sp³-hybridized carbons (Fsp3) is 0.400. The average Bonchev–Trinajstić information content (AvgIpc) is 3.05. The Hall–Kier alpha value is -1.07. The Morgan fingerprint density at radius 2 is 2.20 bits per heavy atom. The Morgan fingerprint density at radius 1 is 1.45 bits per heavy atom. The van der Waals surface area contributed by atoms with Crippen LogP contribution < -0.4 is 5.32 Å². The molecule has 1 fully saturated rings. The number of halogens is 1. The topological polar surface area (TPSA) is 34.0 Å². The minimum Gasteiger partial charge on any atom is -0.346 e. The number of thiophene rings is 1. The van der Waals surface area contributed by atoms with Gasteiger partial charge in [0.15, 0.2) is 0 Å². The van der Waals surface area contributed by atoms with Crippen LogP contribution in [0.1, 0.15) is 46.0 Å². The Kier molecular flexibility index (Phi) is 3.98. The third-order valence-corrected chi connectivity index (χ3v) is 5.14. The van der Waals surface area contributed by atoms with E-state index in [0.29, 0.717) is 12.6 Å². The molecule has 106 valence electrons. The normalized spacial score (nSPS) is 14.5. The minimum absolute atomic E-state index is 0.00838. The van der Waals surface area contributed by atoms with Crippen LogP contribution in [0.3, 0.4) is 0 Å². The summed E-state index contributed by atoms with van der Waals surface area (Å²) in [6.07, 6.45) is 5.40. The van der Waals surface area contributed by atoms with Crippen LogP contribution in [0.2, 0.25) is 0 Å². The SMILES string of the molecule is CCc1ccc(CNC(=O)c2cc(Br)cn2C2CC2)s1. The van der Waals surface area contributed by atoms with Crippen molar-refractivity contribution < 1.29 is 4.79 Å². The number of aryl methyl sites for hydroxylation is 1. The van der Waals surface area contributed by atoms with Gasteiger partial charge in [-0.15, -0.1) is 11.3 Å². The molecule has 3 rings (SSSR count). The van der Waals surface area contributed by atoms with Crippen molar-refractivity contribution >= 4 is 33.2 Å². The van der Waals surface area contributed by atoms with Gasteiger partial charge < -0.3 is 9.88 Å². The van der Waals surface area contributed by atoms with Crippen LogP contribution in [0.4, 0.5) is 0 Å². The van der Waals surface area contributed by atoms with Gasteiger partial charge in [0.25, 0.3) is 5.91 Å². The van der Waals surface area contributed by atoms with Gasteiger partial charge in [0.05, 0.1) is 6.54 Å². The van der Waals surface area contributed by atoms with Crippen LogP contribution in [-0.2, 0) is 13.0 Å². The number of aromatic nitrogens is 1. The molecule has 20 heavy (non-hydrogen) atoms. The monoisotopic (exact) mass is 352 g/mol. The van der Waals surface area contributed by atoms with Crippen LogP contribution in [0, 0.1) is 0 Å². The molecule has 2 heterocycles. The summed E-state index contributed by atoms with van der Waals surface area (Å²) in [6, 6.07) is 6.64. The highest BCUT2D eigenvalue weighted by molar-refractivity contribution is 9.10. The van der Waals surface area contributed by atoms with Crippen LogP contribution in [0.5, 0.6) is 0 Å². The second-order valence-electron chi connectivity index (χ2n) is 5.09. The first-order valence-corrected chi connectivity index (χ1v) is 8.51. The molecule has 0 spiro atoms. The first kappa shape index (κ1) is 13.9. The van der Waals surface area contributed by atoms with Crippen molar-refractivity contribution in [2.75, 3.05) is 0 Å². The zero-order valence-corrected chi connectivity index (χ0v) is 13.8. The predicted molar refractivity (Wildman–Crippen MR) is 85.3 cm³/mol. The first-order chi connectivity index (χ1) is 9.67. The third-order valence-electron chi connectivity index (χ3n) is 3.48. The van der Waals surface area contributed by atoms with E-state index in [2.05, 4.69) is 44.9 Å². The summed E-state index contributed by atoms with van der Waals surface area (Å²) in [6.45, 7) is 2.76. The fourth-order valence-corrected chi connectivity index (χ4v) is 3.58. The van der Waals surface area contributed by atoms with Crippen molar-refractivity contribution in [2.24, 2.45) is 0 Å². The lowest BCUT2D eigenvalue weighted by Gasteiger charge is -2.07. The lowest BCUT2D eigenvalue weighted by Crippen LogP contribution is -2.24. The van der Waals surface area contributed by atoms with E-state index in [0.717, 1.165) is 16.6 Å². The highest BCUT2D eigenvalue weighted by Crippen LogP contribution is 2.37. The van der Waals surface area contributed by atoms with Crippen LogP contribution in [0.15, 0.2) is 28.9 Å². The van der Waals surface area contributed by atoms with E-state index in [1.807, 2.05) is 12.3 Å². The third kappa shape index (κ3) is 2.99. The Morgan fingerprint density at radius 3 is 2.85 bits per heavy atom. The van der Waals surface area contributed by atoms with Gasteiger partial charge in [0, 0.05) is 26.5 Å². The zero-order chi connectivity index (χ0) is 14.1. The van der Waals surface area contributed by atoms with Crippen molar-refractivity contribution in [1.82, 2.24) is 9.88 Å². The Bertz CT molecular complexity index is 628. The van der Waals surface area contributed by atoms with Gasteiger partial charge in [-0.25, -0.2) is 0 Å². The molecule has 1 aliphatic carbocycles. The summed E-state index contributed by atoms with van der Waals surface area (Å²) in [5.74, 6) is 0.00838. The Balaban J connectivity index is 1.67. The molecule has 0 saturated heterocycles. The summed E-state index contributed by atoms with van der Waals surface area (Å²) in [5, 5.41) is 3.02. The van der Waals surface area contributed by atoms with E-state index in [1.54, 1.807) is 11.3 Å². The second kappa shape index (κ2) is 5.74. The first-order valence-electron chi connectivity index (χ1n) is 6.90. The largest absolute Gasteiger partial charge is 0.346 e. The zero-order valence-electron chi connectivity index (χ0n) is 11.4. The number of carbonyl (C=O) groups is 1. The lowest BCUT2D eigenvalue weighted by atomic mass is 10.3. The molecule has 1 N–H and O–H groups in total. The molecule has 2 aromatic heterocycles. The molecule has 0 radical (unpaired) electrons. The van der Waals surface area contributed by atoms with Crippen molar-refractivity contribution in [3.8, 4) is 0 Å². The van der Waals surface area contributed by atoms with Gasteiger partial charge in [0.1, 0.15) is 5.69 Å². The molecule has 1 saturated carbocycles. The van der Waals surface area contributed by atoms with E-state index >= 15 is 0 Å². The summed E-state index contributed by atoms with van der Waals surface area (Å²) >= 11 is 5.22. The number of rotatable bonds is 5. The maximum absolute atomic E-state index is 12.3. The predicted octanol–water partition coefficient (Wildman–Crippen LogP) is 4.14. The van der Waals surface area contributed by atoms with Crippen molar-refractivity contribution in [3.63, 3.8) is 0 Å². The smallest absolute Gasteiger partial charge is 0.268 e. The maximum atomic E-state index is 12.3. The molecule has 0 atom stereocenters. The molecule has 0 aromatic carbocycles. The molecular formula is C15H17BrN2OS. The number of nitrogens with one attached hydrogen (secondary N) is 1. The molecular weight excluding hydrogens is 336 g/mol. The van der Waals surface area contributed by atoms with E-state index in [9.17, 15) is 4.79 Å². The summed E-state index contributed by atoms with van der Waals surface area (Å²) < 4.78 is 3.06. The lowest BCUT2D eigenvalue weighted by molar-refractivity contribution is 0.0942. The highest BCUT2D eigenvalue weighted by Gasteiger charge is 2.27. The van der Waals surface area contributed by atoms with Gasteiger partial charge in [0.2, 0.25) is 0 Å². The van der Waals surface area contributed by atoms with E-state index in [4.69, 9.17) is 0 Å². The molecule has 1 aliphatic rings. The summed E-state index contributed by atoms with van der Waals surface area (Å²) in [7, 11) is 0. The van der Waals surface area contributed by atoms with E-state index in [1.165, 1.54) is 22.6 Å². The molecule has 2 aromatic rings. The minimum atomic E-state index is 0.00838. The van der Waals surface area contributed by atoms with Gasteiger partial charge in [-0.3, -0.25) is 4.79 Å². The summed E-state index contributed by atoms with van der Waals surface area (Å²) in [4.78, 5) is 14.9. The standard InChI is InChI=1S/C15H17BrN2OS/c1-2-12-5-6-13(20-12)8-17-15(19)14-7-10(16)9-18(14)11-3-4-11/h5-7,9,11H,2-4,8H2,1H3,(H,17,19). The summed E-state index contributed by atoms with van der Waals surface area (Å²) in [5.41, 5.74) is 0.756. The van der Waals surface area contributed by atoms with Gasteiger partial charge in [-0.1, -0.05) is 6.92 Å². The quantitative estimate of drug-likeness (QED) is 0.861. The van der Waals surface area contributed by atoms with Crippen molar-refractivity contribution in [2.45, 2.75) is 38.8 Å². The van der Waals surface area contributed by atoms with Gasteiger partial charge in [-0.2, -0.15) is 0 Å². The molecule has 3 nitrogen and oxygen atoms in total. The second-order valence-corrected chi connectivity index (χ2v) is 7.25. The number of nitrogens with zero attached hydrogens (tertiary/aromatic N) is 1. The van der Waals surface area contributed by atoms with Crippen LogP contribution >= 0.6 is 27.3 Å². The van der Waals surface area contributed by atoms with Gasteiger partial charge in [-0.05, 0) is 53.4 Å². The van der Waals surface area contributed by atoms with Gasteiger partial charge >= 0.3 is 0 Å². The molecule has 5 heteroatoms. The van der Waals surface area contributed by atoms with E-state index in [-0.39, 0.29) is 5.91 Å². The molecule has 0 unspecified atom stereocenters.